The highest BCUT2D eigenvalue weighted by Gasteiger charge is 2.09. The Balaban J connectivity index is 0.000000873. The normalized spacial score (nSPS) is 8.83. The lowest BCUT2D eigenvalue weighted by molar-refractivity contribution is 0.112. The molecule has 0 fully saturated rings. The van der Waals surface area contributed by atoms with E-state index in [2.05, 4.69) is 18.8 Å². The van der Waals surface area contributed by atoms with Crippen LogP contribution in [0.25, 0.3) is 0 Å². The Hall–Kier alpha value is -2.24. The lowest BCUT2D eigenvalue weighted by Gasteiger charge is -2.06. The zero-order valence-electron chi connectivity index (χ0n) is 10.8. The van der Waals surface area contributed by atoms with E-state index >= 15 is 0 Å². The maximum Gasteiger partial charge on any atom is 0.191 e. The molecule has 0 atom stereocenters. The molecule has 100 valence electrons. The summed E-state index contributed by atoms with van der Waals surface area (Å²) in [7, 11) is 1.36. The molecule has 0 radical (unpaired) electrons. The van der Waals surface area contributed by atoms with Crippen LogP contribution in [0.5, 0.6) is 11.5 Å². The van der Waals surface area contributed by atoms with Gasteiger partial charge in [0.15, 0.2) is 17.5 Å². The van der Waals surface area contributed by atoms with Crippen molar-refractivity contribution in [3.8, 4) is 11.5 Å². The third-order valence-electron chi connectivity index (χ3n) is 1.68. The Morgan fingerprint density at radius 1 is 1.44 bits per heavy atom. The van der Waals surface area contributed by atoms with Crippen molar-refractivity contribution in [3.05, 3.63) is 17.7 Å². The first kappa shape index (κ1) is 15.8. The maximum atomic E-state index is 10.6. The quantitative estimate of drug-likeness (QED) is 0.430. The molecular formula is C12H19N3O3. The molecule has 0 saturated heterocycles. The first-order valence-corrected chi connectivity index (χ1v) is 5.45. The van der Waals surface area contributed by atoms with Gasteiger partial charge in [-0.3, -0.25) is 4.79 Å². The third kappa shape index (κ3) is 4.73. The van der Waals surface area contributed by atoms with Crippen molar-refractivity contribution in [1.29, 1.82) is 0 Å². The van der Waals surface area contributed by atoms with Gasteiger partial charge in [0.25, 0.3) is 0 Å². The number of nitrogens with zero attached hydrogens (tertiary/aromatic N) is 1. The van der Waals surface area contributed by atoms with Crippen LogP contribution in [0, 0.1) is 0 Å². The summed E-state index contributed by atoms with van der Waals surface area (Å²) in [4.78, 5) is 14.2. The highest BCUT2D eigenvalue weighted by Crippen LogP contribution is 2.36. The third-order valence-corrected chi connectivity index (χ3v) is 1.68. The van der Waals surface area contributed by atoms with Gasteiger partial charge in [-0.25, -0.2) is 4.99 Å². The van der Waals surface area contributed by atoms with Gasteiger partial charge in [0.1, 0.15) is 12.0 Å². The summed E-state index contributed by atoms with van der Waals surface area (Å²) >= 11 is 0. The van der Waals surface area contributed by atoms with Gasteiger partial charge < -0.3 is 21.3 Å². The molecule has 0 aliphatic heterocycles. The molecule has 0 aliphatic rings. The van der Waals surface area contributed by atoms with E-state index in [4.69, 9.17) is 16.2 Å². The molecule has 0 saturated carbocycles. The number of rotatable bonds is 3. The van der Waals surface area contributed by atoms with Gasteiger partial charge in [-0.2, -0.15) is 0 Å². The Kier molecular flexibility index (Phi) is 6.95. The number of guanidine groups is 1. The predicted octanol–water partition coefficient (Wildman–Crippen LogP) is 1.53. The molecule has 6 nitrogen and oxygen atoms in total. The number of phenols is 1. The van der Waals surface area contributed by atoms with E-state index in [0.717, 1.165) is 0 Å². The first-order chi connectivity index (χ1) is 8.49. The monoisotopic (exact) mass is 253 g/mol. The standard InChI is InChI=1S/C9H11N3O3.C3H8/c1-15-7-3-5(4-13)2-6(8(7)14)12-9(10)11;1-3-2/h2-4,14H,1H3,(H4,10,11,12);3H2,1-2H3. The topological polar surface area (TPSA) is 111 Å². The molecule has 0 bridgehead atoms. The Bertz CT molecular complexity index is 427. The predicted molar refractivity (Wildman–Crippen MR) is 71.5 cm³/mol. The van der Waals surface area contributed by atoms with Crippen LogP contribution in [0.1, 0.15) is 30.6 Å². The number of benzene rings is 1. The van der Waals surface area contributed by atoms with Gasteiger partial charge in [-0.1, -0.05) is 20.3 Å². The number of aldehydes is 1. The molecule has 0 spiro atoms. The summed E-state index contributed by atoms with van der Waals surface area (Å²) in [5, 5.41) is 9.60. The summed E-state index contributed by atoms with van der Waals surface area (Å²) in [6.07, 6.45) is 1.85. The van der Waals surface area contributed by atoms with Gasteiger partial charge in [-0.15, -0.1) is 0 Å². The fourth-order valence-electron chi connectivity index (χ4n) is 1.06. The van der Waals surface area contributed by atoms with Crippen LogP contribution >= 0.6 is 0 Å². The van der Waals surface area contributed by atoms with Crippen molar-refractivity contribution in [1.82, 2.24) is 0 Å². The fraction of sp³-hybridized carbons (Fsp3) is 0.333. The molecule has 0 aromatic heterocycles. The van der Waals surface area contributed by atoms with Gasteiger partial charge in [0, 0.05) is 5.56 Å². The fourth-order valence-corrected chi connectivity index (χ4v) is 1.06. The van der Waals surface area contributed by atoms with Crippen LogP contribution in [-0.2, 0) is 0 Å². The summed E-state index contributed by atoms with van der Waals surface area (Å²) in [5.74, 6) is -0.286. The smallest absolute Gasteiger partial charge is 0.191 e. The molecular weight excluding hydrogens is 234 g/mol. The van der Waals surface area contributed by atoms with Gasteiger partial charge in [0.05, 0.1) is 7.11 Å². The number of aliphatic imine (C=N–C) groups is 1. The van der Waals surface area contributed by atoms with Crippen LogP contribution in [0.2, 0.25) is 0 Å². The van der Waals surface area contributed by atoms with Crippen molar-refractivity contribution in [2.75, 3.05) is 7.11 Å². The second kappa shape index (κ2) is 7.94. The second-order valence-electron chi connectivity index (χ2n) is 3.45. The number of ether oxygens (including phenoxy) is 1. The minimum absolute atomic E-state index is 0.0939. The molecule has 5 N–H and O–H groups in total. The minimum atomic E-state index is -0.213. The molecule has 0 amide bonds. The molecule has 6 heteroatoms. The zero-order valence-corrected chi connectivity index (χ0v) is 10.8. The Morgan fingerprint density at radius 2 is 2.00 bits per heavy atom. The van der Waals surface area contributed by atoms with Gasteiger partial charge in [0.2, 0.25) is 0 Å². The molecule has 0 heterocycles. The van der Waals surface area contributed by atoms with Crippen molar-refractivity contribution in [2.45, 2.75) is 20.3 Å². The Morgan fingerprint density at radius 3 is 2.39 bits per heavy atom. The van der Waals surface area contributed by atoms with E-state index in [1.165, 1.54) is 25.7 Å². The largest absolute Gasteiger partial charge is 0.503 e. The van der Waals surface area contributed by atoms with E-state index in [-0.39, 0.29) is 23.1 Å². The van der Waals surface area contributed by atoms with E-state index < -0.39 is 0 Å². The second-order valence-corrected chi connectivity index (χ2v) is 3.45. The maximum absolute atomic E-state index is 10.6. The number of phenolic OH excluding ortho intramolecular Hbond substituents is 1. The van der Waals surface area contributed by atoms with E-state index in [9.17, 15) is 9.90 Å². The number of nitrogens with two attached hydrogens (primary N) is 2. The first-order valence-electron chi connectivity index (χ1n) is 5.45. The Labute approximate surface area is 106 Å². The molecule has 1 aromatic carbocycles. The van der Waals surface area contributed by atoms with Crippen molar-refractivity contribution in [2.24, 2.45) is 16.5 Å². The lowest BCUT2D eigenvalue weighted by atomic mass is 10.2. The minimum Gasteiger partial charge on any atom is -0.503 e. The van der Waals surface area contributed by atoms with E-state index in [1.54, 1.807) is 0 Å². The highest BCUT2D eigenvalue weighted by atomic mass is 16.5. The SMILES string of the molecule is CCC.COc1cc(C=O)cc(N=C(N)N)c1O. The number of carbonyl (C=O) groups excluding carboxylic acids is 1. The summed E-state index contributed by atoms with van der Waals surface area (Å²) in [5.41, 5.74) is 10.7. The molecule has 1 rings (SSSR count). The molecule has 0 unspecified atom stereocenters. The highest BCUT2D eigenvalue weighted by molar-refractivity contribution is 5.84. The average molecular weight is 253 g/mol. The van der Waals surface area contributed by atoms with Crippen LogP contribution in [-0.4, -0.2) is 24.5 Å². The van der Waals surface area contributed by atoms with Gasteiger partial charge in [-0.05, 0) is 12.1 Å². The number of methoxy groups -OCH3 is 1. The van der Waals surface area contributed by atoms with Crippen LogP contribution in [0.3, 0.4) is 0 Å². The summed E-state index contributed by atoms with van der Waals surface area (Å²) in [6.45, 7) is 4.25. The molecule has 1 aromatic rings. The van der Waals surface area contributed by atoms with Crippen LogP contribution in [0.4, 0.5) is 5.69 Å². The zero-order chi connectivity index (χ0) is 14.1. The van der Waals surface area contributed by atoms with E-state index in [1.807, 2.05) is 0 Å². The number of hydrogen-bond donors (Lipinski definition) is 3. The lowest BCUT2D eigenvalue weighted by Crippen LogP contribution is -2.21. The van der Waals surface area contributed by atoms with E-state index in [0.29, 0.717) is 11.8 Å². The number of aromatic hydroxyl groups is 1. The number of carbonyl (C=O) groups is 1. The van der Waals surface area contributed by atoms with Crippen molar-refractivity contribution >= 4 is 17.9 Å². The number of hydrogen-bond acceptors (Lipinski definition) is 4. The van der Waals surface area contributed by atoms with Crippen LogP contribution in [0.15, 0.2) is 17.1 Å². The van der Waals surface area contributed by atoms with Crippen molar-refractivity contribution in [3.63, 3.8) is 0 Å². The average Bonchev–Trinajstić information content (AvgIpc) is 2.32. The van der Waals surface area contributed by atoms with Crippen molar-refractivity contribution < 1.29 is 14.6 Å². The van der Waals surface area contributed by atoms with Gasteiger partial charge >= 0.3 is 0 Å². The van der Waals surface area contributed by atoms with Crippen LogP contribution < -0.4 is 16.2 Å². The summed E-state index contributed by atoms with van der Waals surface area (Å²) < 4.78 is 4.85. The molecule has 18 heavy (non-hydrogen) atoms. The summed E-state index contributed by atoms with van der Waals surface area (Å²) in [6, 6.07) is 2.73. The molecule has 0 aliphatic carbocycles.